The van der Waals surface area contributed by atoms with Gasteiger partial charge in [-0.25, -0.2) is 4.98 Å². The minimum atomic E-state index is 0.630. The number of hydrogen-bond acceptors (Lipinski definition) is 3. The van der Waals surface area contributed by atoms with E-state index in [2.05, 4.69) is 42.2 Å². The van der Waals surface area contributed by atoms with Gasteiger partial charge in [-0.1, -0.05) is 31.2 Å². The van der Waals surface area contributed by atoms with E-state index in [-0.39, 0.29) is 0 Å². The molecule has 2 N–H and O–H groups in total. The predicted molar refractivity (Wildman–Crippen MR) is 82.5 cm³/mol. The van der Waals surface area contributed by atoms with Gasteiger partial charge in [0.2, 0.25) is 0 Å². The van der Waals surface area contributed by atoms with Gasteiger partial charge in [-0.2, -0.15) is 0 Å². The van der Waals surface area contributed by atoms with E-state index in [9.17, 15) is 0 Å². The highest BCUT2D eigenvalue weighted by molar-refractivity contribution is 7.99. The zero-order chi connectivity index (χ0) is 13.2. The molecule has 0 spiro atoms. The number of anilines is 1. The molecule has 0 radical (unpaired) electrons. The molecule has 3 heteroatoms. The van der Waals surface area contributed by atoms with Crippen LogP contribution in [0.2, 0.25) is 0 Å². The molecule has 2 nitrogen and oxygen atoms in total. The van der Waals surface area contributed by atoms with Crippen molar-refractivity contribution in [2.75, 3.05) is 11.5 Å². The maximum atomic E-state index is 5.89. The summed E-state index contributed by atoms with van der Waals surface area (Å²) in [7, 11) is 0. The summed E-state index contributed by atoms with van der Waals surface area (Å²) in [6.07, 6.45) is 4.56. The van der Waals surface area contributed by atoms with Gasteiger partial charge in [-0.05, 0) is 41.7 Å². The lowest BCUT2D eigenvalue weighted by atomic mass is 10.0. The lowest BCUT2D eigenvalue weighted by Crippen LogP contribution is -1.94. The van der Waals surface area contributed by atoms with Crippen molar-refractivity contribution in [3.05, 3.63) is 42.1 Å². The molecule has 1 aromatic carbocycles. The monoisotopic (exact) mass is 270 g/mol. The molecule has 2 aromatic rings. The van der Waals surface area contributed by atoms with Crippen molar-refractivity contribution in [3.63, 3.8) is 0 Å². The highest BCUT2D eigenvalue weighted by Crippen LogP contribution is 2.40. The number of thioether (sulfide) groups is 1. The van der Waals surface area contributed by atoms with Gasteiger partial charge >= 0.3 is 0 Å². The van der Waals surface area contributed by atoms with Gasteiger partial charge in [0.25, 0.3) is 0 Å². The number of rotatable bonds is 4. The number of nitrogens with two attached hydrogens (primary N) is 1. The van der Waals surface area contributed by atoms with E-state index in [0.29, 0.717) is 5.82 Å². The first-order valence-electron chi connectivity index (χ1n) is 6.76. The number of benzene rings is 1. The molecule has 19 heavy (non-hydrogen) atoms. The van der Waals surface area contributed by atoms with Crippen LogP contribution in [-0.4, -0.2) is 10.7 Å². The molecule has 1 aromatic heterocycles. The summed E-state index contributed by atoms with van der Waals surface area (Å²) in [5.41, 5.74) is 9.72. The van der Waals surface area contributed by atoms with Crippen LogP contribution >= 0.6 is 11.8 Å². The van der Waals surface area contributed by atoms with Crippen molar-refractivity contribution in [1.82, 2.24) is 4.98 Å². The zero-order valence-corrected chi connectivity index (χ0v) is 11.9. The molecule has 1 aliphatic carbocycles. The normalized spacial score (nSPS) is 14.6. The Bertz CT molecular complexity index is 574. The van der Waals surface area contributed by atoms with E-state index in [4.69, 9.17) is 5.73 Å². The lowest BCUT2D eigenvalue weighted by molar-refractivity contribution is 1.13. The molecule has 0 unspecified atom stereocenters. The highest BCUT2D eigenvalue weighted by atomic mass is 32.2. The number of pyridine rings is 1. The Kier molecular flexibility index (Phi) is 3.47. The second-order valence-electron chi connectivity index (χ2n) is 4.94. The average molecular weight is 270 g/mol. The first kappa shape index (κ1) is 12.5. The molecule has 0 saturated heterocycles. The minimum absolute atomic E-state index is 0.630. The van der Waals surface area contributed by atoms with E-state index in [1.807, 2.05) is 6.20 Å². The molecule has 1 saturated carbocycles. The molecular formula is C16H18N2S. The maximum absolute atomic E-state index is 5.89. The van der Waals surface area contributed by atoms with Crippen molar-refractivity contribution in [2.24, 2.45) is 0 Å². The summed E-state index contributed by atoms with van der Waals surface area (Å²) in [6.45, 7) is 2.13. The average Bonchev–Trinajstić information content (AvgIpc) is 3.26. The van der Waals surface area contributed by atoms with Crippen LogP contribution in [0.5, 0.6) is 0 Å². The van der Waals surface area contributed by atoms with E-state index < -0.39 is 0 Å². The third kappa shape index (κ3) is 2.76. The van der Waals surface area contributed by atoms with Crippen molar-refractivity contribution >= 4 is 17.6 Å². The molecule has 98 valence electrons. The first-order chi connectivity index (χ1) is 9.28. The molecular weight excluding hydrogens is 252 g/mol. The van der Waals surface area contributed by atoms with Gasteiger partial charge in [0, 0.05) is 11.8 Å². The van der Waals surface area contributed by atoms with Crippen LogP contribution in [0.4, 0.5) is 5.82 Å². The van der Waals surface area contributed by atoms with E-state index in [0.717, 1.165) is 22.1 Å². The number of nitrogen functional groups attached to an aromatic ring is 1. The van der Waals surface area contributed by atoms with Crippen LogP contribution in [0.25, 0.3) is 11.1 Å². The van der Waals surface area contributed by atoms with E-state index >= 15 is 0 Å². The van der Waals surface area contributed by atoms with Gasteiger partial charge < -0.3 is 5.73 Å². The number of nitrogens with zero attached hydrogens (tertiary/aromatic N) is 1. The van der Waals surface area contributed by atoms with E-state index in [1.165, 1.54) is 24.0 Å². The topological polar surface area (TPSA) is 38.9 Å². The fraction of sp³-hybridized carbons (Fsp3) is 0.312. The molecule has 0 aliphatic heterocycles. The SMILES string of the molecule is CCSc1cc(-c2ccc(C3CC3)cc2)cnc1N. The second kappa shape index (κ2) is 5.25. The number of hydrogen-bond donors (Lipinski definition) is 1. The summed E-state index contributed by atoms with van der Waals surface area (Å²) in [5, 5.41) is 0. The van der Waals surface area contributed by atoms with Crippen molar-refractivity contribution in [3.8, 4) is 11.1 Å². The quantitative estimate of drug-likeness (QED) is 0.841. The summed E-state index contributed by atoms with van der Waals surface area (Å²) in [4.78, 5) is 5.38. The Morgan fingerprint density at radius 1 is 1.21 bits per heavy atom. The molecule has 0 atom stereocenters. The van der Waals surface area contributed by atoms with Gasteiger partial charge in [-0.3, -0.25) is 0 Å². The van der Waals surface area contributed by atoms with Gasteiger partial charge in [-0.15, -0.1) is 11.8 Å². The summed E-state index contributed by atoms with van der Waals surface area (Å²) in [6, 6.07) is 11.0. The largest absolute Gasteiger partial charge is 0.383 e. The third-order valence-electron chi connectivity index (χ3n) is 3.47. The van der Waals surface area contributed by atoms with Crippen LogP contribution < -0.4 is 5.73 Å². The Labute approximate surface area is 118 Å². The van der Waals surface area contributed by atoms with Crippen LogP contribution in [-0.2, 0) is 0 Å². The smallest absolute Gasteiger partial charge is 0.137 e. The molecule has 1 fully saturated rings. The van der Waals surface area contributed by atoms with E-state index in [1.54, 1.807) is 11.8 Å². The number of aromatic nitrogens is 1. The fourth-order valence-corrected chi connectivity index (χ4v) is 2.97. The zero-order valence-electron chi connectivity index (χ0n) is 11.1. The Balaban J connectivity index is 1.89. The van der Waals surface area contributed by atoms with Crippen molar-refractivity contribution < 1.29 is 0 Å². The van der Waals surface area contributed by atoms with Crippen molar-refractivity contribution in [2.45, 2.75) is 30.6 Å². The Hall–Kier alpha value is -1.48. The Morgan fingerprint density at radius 3 is 2.58 bits per heavy atom. The van der Waals surface area contributed by atoms with Crippen LogP contribution in [0.3, 0.4) is 0 Å². The van der Waals surface area contributed by atoms with Gasteiger partial charge in [0.05, 0.1) is 4.90 Å². The molecule has 1 heterocycles. The van der Waals surface area contributed by atoms with Gasteiger partial charge in [0.15, 0.2) is 0 Å². The lowest BCUT2D eigenvalue weighted by Gasteiger charge is -2.07. The maximum Gasteiger partial charge on any atom is 0.137 e. The summed E-state index contributed by atoms with van der Waals surface area (Å²) < 4.78 is 0. The van der Waals surface area contributed by atoms with Crippen LogP contribution in [0.1, 0.15) is 31.2 Å². The highest BCUT2D eigenvalue weighted by Gasteiger charge is 2.22. The summed E-state index contributed by atoms with van der Waals surface area (Å²) >= 11 is 1.74. The van der Waals surface area contributed by atoms with Crippen LogP contribution in [0.15, 0.2) is 41.4 Å². The van der Waals surface area contributed by atoms with Crippen molar-refractivity contribution in [1.29, 1.82) is 0 Å². The molecule has 1 aliphatic rings. The minimum Gasteiger partial charge on any atom is -0.383 e. The predicted octanol–water partition coefficient (Wildman–Crippen LogP) is 4.32. The standard InChI is InChI=1S/C16H18N2S/c1-2-19-15-9-14(10-18-16(15)17)13-7-5-12(6-8-13)11-3-4-11/h5-11H,2-4H2,1H3,(H2,17,18). The Morgan fingerprint density at radius 2 is 1.95 bits per heavy atom. The molecule has 0 bridgehead atoms. The molecule has 0 amide bonds. The second-order valence-corrected chi connectivity index (χ2v) is 6.24. The fourth-order valence-electron chi connectivity index (χ4n) is 2.25. The molecule has 3 rings (SSSR count). The third-order valence-corrected chi connectivity index (χ3v) is 4.40. The first-order valence-corrected chi connectivity index (χ1v) is 7.75. The van der Waals surface area contributed by atoms with Crippen LogP contribution in [0, 0.1) is 0 Å². The summed E-state index contributed by atoms with van der Waals surface area (Å²) in [5.74, 6) is 2.45. The van der Waals surface area contributed by atoms with Gasteiger partial charge in [0.1, 0.15) is 5.82 Å².